The molecule has 3 rings (SSSR count). The molecule has 0 bridgehead atoms. The molecule has 2 nitrogen and oxygen atoms in total. The molecule has 0 saturated heterocycles. The number of nitrogens with zero attached hydrogens (tertiary/aromatic N) is 2. The molecular weight excluding hydrogens is 288 g/mol. The van der Waals surface area contributed by atoms with Gasteiger partial charge in [-0.2, -0.15) is 0 Å². The minimum atomic E-state index is 0.677. The Kier molecular flexibility index (Phi) is 2.30. The Morgan fingerprint density at radius 1 is 0.812 bits per heavy atom. The van der Waals surface area contributed by atoms with Gasteiger partial charge in [0.25, 0.3) is 0 Å². The van der Waals surface area contributed by atoms with Crippen LogP contribution in [-0.2, 0) is 0 Å². The van der Waals surface area contributed by atoms with E-state index in [4.69, 9.17) is 11.6 Å². The Bertz CT molecular complexity index is 640. The minimum Gasteiger partial charge on any atom is -0.245 e. The minimum absolute atomic E-state index is 0.677. The molecule has 4 heteroatoms. The van der Waals surface area contributed by atoms with E-state index < -0.39 is 0 Å². The first kappa shape index (κ1) is 10.00. The van der Waals surface area contributed by atoms with Crippen LogP contribution in [0.2, 0.25) is 5.02 Å². The molecule has 0 N–H and O–H groups in total. The van der Waals surface area contributed by atoms with Gasteiger partial charge in [0.15, 0.2) is 0 Å². The van der Waals surface area contributed by atoms with E-state index in [1.807, 2.05) is 36.4 Å². The zero-order valence-corrected chi connectivity index (χ0v) is 10.5. The van der Waals surface area contributed by atoms with Gasteiger partial charge >= 0.3 is 0 Å². The summed E-state index contributed by atoms with van der Waals surface area (Å²) < 4.78 is 0.996. The van der Waals surface area contributed by atoms with Crippen LogP contribution in [0.1, 0.15) is 0 Å². The summed E-state index contributed by atoms with van der Waals surface area (Å²) in [6.45, 7) is 0. The summed E-state index contributed by atoms with van der Waals surface area (Å²) >= 11 is 9.34. The third-order valence-electron chi connectivity index (χ3n) is 2.36. The quantitative estimate of drug-likeness (QED) is 0.581. The molecule has 0 radical (unpaired) electrons. The van der Waals surface area contributed by atoms with Crippen molar-refractivity contribution in [1.82, 2.24) is 9.97 Å². The number of hydrogen-bond donors (Lipinski definition) is 0. The van der Waals surface area contributed by atoms with Gasteiger partial charge in [0.2, 0.25) is 0 Å². The summed E-state index contributed by atoms with van der Waals surface area (Å²) in [5, 5.41) is 0.677. The maximum Gasteiger partial charge on any atom is 0.0909 e. The summed E-state index contributed by atoms with van der Waals surface area (Å²) in [5.74, 6) is 0. The molecule has 0 spiro atoms. The van der Waals surface area contributed by atoms with Gasteiger partial charge in [-0.1, -0.05) is 27.5 Å². The number of hydrogen-bond acceptors (Lipinski definition) is 2. The maximum absolute atomic E-state index is 5.92. The average molecular weight is 294 g/mol. The predicted octanol–water partition coefficient (Wildman–Crippen LogP) is 4.20. The Labute approximate surface area is 105 Å². The molecule has 0 aliphatic rings. The Balaban J connectivity index is 2.44. The van der Waals surface area contributed by atoms with E-state index in [0.717, 1.165) is 26.5 Å². The van der Waals surface area contributed by atoms with Gasteiger partial charge in [0, 0.05) is 9.50 Å². The second kappa shape index (κ2) is 3.68. The first-order chi connectivity index (χ1) is 7.72. The molecule has 16 heavy (non-hydrogen) atoms. The number of rotatable bonds is 0. The molecule has 1 aromatic heterocycles. The molecule has 0 fully saturated rings. The van der Waals surface area contributed by atoms with Crippen LogP contribution in [0.25, 0.3) is 22.1 Å². The molecule has 0 amide bonds. The van der Waals surface area contributed by atoms with Crippen molar-refractivity contribution in [3.63, 3.8) is 0 Å². The lowest BCUT2D eigenvalue weighted by Crippen LogP contribution is -1.87. The first-order valence-electron chi connectivity index (χ1n) is 4.75. The topological polar surface area (TPSA) is 25.8 Å². The van der Waals surface area contributed by atoms with E-state index in [1.54, 1.807) is 0 Å². The van der Waals surface area contributed by atoms with Gasteiger partial charge in [-0.25, -0.2) is 9.97 Å². The van der Waals surface area contributed by atoms with Crippen molar-refractivity contribution < 1.29 is 0 Å². The highest BCUT2D eigenvalue weighted by Crippen LogP contribution is 2.21. The molecule has 3 aromatic rings. The second-order valence-corrected chi connectivity index (χ2v) is 4.84. The Morgan fingerprint density at radius 3 is 2.25 bits per heavy atom. The highest BCUT2D eigenvalue weighted by atomic mass is 79.9. The van der Waals surface area contributed by atoms with Crippen molar-refractivity contribution in [3.8, 4) is 0 Å². The van der Waals surface area contributed by atoms with Crippen LogP contribution in [0.15, 0.2) is 40.9 Å². The van der Waals surface area contributed by atoms with Crippen molar-refractivity contribution in [2.75, 3.05) is 0 Å². The first-order valence-corrected chi connectivity index (χ1v) is 5.92. The van der Waals surface area contributed by atoms with Crippen molar-refractivity contribution in [2.45, 2.75) is 0 Å². The van der Waals surface area contributed by atoms with Gasteiger partial charge < -0.3 is 0 Å². The van der Waals surface area contributed by atoms with Crippen LogP contribution in [0.4, 0.5) is 0 Å². The van der Waals surface area contributed by atoms with Gasteiger partial charge in [0.1, 0.15) is 0 Å². The summed E-state index contributed by atoms with van der Waals surface area (Å²) in [5.41, 5.74) is 3.43. The summed E-state index contributed by atoms with van der Waals surface area (Å²) in [6, 6.07) is 11.4. The normalized spacial score (nSPS) is 11.1. The van der Waals surface area contributed by atoms with Gasteiger partial charge in [-0.3, -0.25) is 0 Å². The Hall–Kier alpha value is -1.19. The highest BCUT2D eigenvalue weighted by Gasteiger charge is 2.02. The Morgan fingerprint density at radius 2 is 1.44 bits per heavy atom. The van der Waals surface area contributed by atoms with Crippen LogP contribution in [0.5, 0.6) is 0 Å². The number of aromatic nitrogens is 2. The zero-order valence-electron chi connectivity index (χ0n) is 8.11. The fraction of sp³-hybridized carbons (Fsp3) is 0. The standard InChI is InChI=1S/C12H6BrClN2/c13-7-1-3-9-11(5-7)16-12-6-8(14)2-4-10(12)15-9/h1-6H. The van der Waals surface area contributed by atoms with E-state index in [9.17, 15) is 0 Å². The van der Waals surface area contributed by atoms with E-state index >= 15 is 0 Å². The zero-order chi connectivity index (χ0) is 11.1. The summed E-state index contributed by atoms with van der Waals surface area (Å²) in [4.78, 5) is 9.04. The largest absolute Gasteiger partial charge is 0.245 e. The summed E-state index contributed by atoms with van der Waals surface area (Å²) in [7, 11) is 0. The fourth-order valence-corrected chi connectivity index (χ4v) is 2.14. The molecule has 1 heterocycles. The van der Waals surface area contributed by atoms with Crippen LogP contribution in [-0.4, -0.2) is 9.97 Å². The molecular formula is C12H6BrClN2. The van der Waals surface area contributed by atoms with Crippen molar-refractivity contribution in [1.29, 1.82) is 0 Å². The molecule has 0 saturated carbocycles. The lowest BCUT2D eigenvalue weighted by molar-refractivity contribution is 1.39. The van der Waals surface area contributed by atoms with Crippen LogP contribution in [0, 0.1) is 0 Å². The van der Waals surface area contributed by atoms with Gasteiger partial charge in [-0.15, -0.1) is 0 Å². The van der Waals surface area contributed by atoms with E-state index in [2.05, 4.69) is 25.9 Å². The third kappa shape index (κ3) is 1.66. The van der Waals surface area contributed by atoms with Crippen LogP contribution in [0.3, 0.4) is 0 Å². The van der Waals surface area contributed by atoms with Gasteiger partial charge in [-0.05, 0) is 36.4 Å². The lowest BCUT2D eigenvalue weighted by atomic mass is 10.2. The highest BCUT2D eigenvalue weighted by molar-refractivity contribution is 9.10. The SMILES string of the molecule is Clc1ccc2nc3ccc(Br)cc3nc2c1. The number of halogens is 2. The predicted molar refractivity (Wildman–Crippen MR) is 69.8 cm³/mol. The van der Waals surface area contributed by atoms with E-state index in [0.29, 0.717) is 5.02 Å². The van der Waals surface area contributed by atoms with E-state index in [1.165, 1.54) is 0 Å². The second-order valence-electron chi connectivity index (χ2n) is 3.49. The average Bonchev–Trinajstić information content (AvgIpc) is 2.26. The van der Waals surface area contributed by atoms with E-state index in [-0.39, 0.29) is 0 Å². The number of fused-ring (bicyclic) bond motifs is 2. The fourth-order valence-electron chi connectivity index (χ4n) is 1.62. The van der Waals surface area contributed by atoms with Crippen molar-refractivity contribution in [2.24, 2.45) is 0 Å². The smallest absolute Gasteiger partial charge is 0.0909 e. The lowest BCUT2D eigenvalue weighted by Gasteiger charge is -2.01. The molecule has 0 aliphatic carbocycles. The summed E-state index contributed by atoms with van der Waals surface area (Å²) in [6.07, 6.45) is 0. The third-order valence-corrected chi connectivity index (χ3v) is 3.09. The number of benzene rings is 2. The molecule has 2 aromatic carbocycles. The monoisotopic (exact) mass is 292 g/mol. The van der Waals surface area contributed by atoms with Gasteiger partial charge in [0.05, 0.1) is 22.1 Å². The van der Waals surface area contributed by atoms with Crippen LogP contribution < -0.4 is 0 Å². The molecule has 0 atom stereocenters. The van der Waals surface area contributed by atoms with Crippen LogP contribution >= 0.6 is 27.5 Å². The molecule has 0 unspecified atom stereocenters. The molecule has 78 valence electrons. The molecule has 0 aliphatic heterocycles. The maximum atomic E-state index is 5.92. The van der Waals surface area contributed by atoms with Crippen molar-refractivity contribution >= 4 is 49.6 Å². The van der Waals surface area contributed by atoms with Crippen molar-refractivity contribution in [3.05, 3.63) is 45.9 Å².